The fraction of sp³-hybridized carbons (Fsp3) is 0.882. The van der Waals surface area contributed by atoms with Gasteiger partial charge in [0, 0.05) is 46.3 Å². The molecule has 1 fully saturated rings. The molecule has 1 aliphatic rings. The summed E-state index contributed by atoms with van der Waals surface area (Å²) in [7, 11) is 1.75. The second kappa shape index (κ2) is 13.7. The van der Waals surface area contributed by atoms with Gasteiger partial charge in [-0.1, -0.05) is 13.3 Å². The van der Waals surface area contributed by atoms with Crippen LogP contribution in [0.15, 0.2) is 4.99 Å². The number of halogens is 1. The Labute approximate surface area is 164 Å². The fourth-order valence-corrected chi connectivity index (χ4v) is 2.72. The minimum Gasteiger partial charge on any atom is -0.385 e. The third-order valence-corrected chi connectivity index (χ3v) is 4.38. The van der Waals surface area contributed by atoms with Crippen LogP contribution in [0.1, 0.15) is 52.4 Å². The van der Waals surface area contributed by atoms with E-state index in [1.165, 1.54) is 19.3 Å². The molecule has 0 aromatic carbocycles. The van der Waals surface area contributed by atoms with E-state index in [4.69, 9.17) is 9.73 Å². The normalized spacial score (nSPS) is 15.9. The number of carbonyl (C=O) groups excluding carboxylic acids is 1. The summed E-state index contributed by atoms with van der Waals surface area (Å²) in [5.74, 6) is 0.894. The highest BCUT2D eigenvalue weighted by atomic mass is 127. The van der Waals surface area contributed by atoms with Crippen LogP contribution in [-0.2, 0) is 9.53 Å². The Morgan fingerprint density at radius 1 is 1.17 bits per heavy atom. The highest BCUT2D eigenvalue weighted by Gasteiger charge is 2.36. The lowest BCUT2D eigenvalue weighted by Gasteiger charge is -2.40. The van der Waals surface area contributed by atoms with E-state index in [0.29, 0.717) is 18.4 Å². The van der Waals surface area contributed by atoms with Crippen LogP contribution in [0.25, 0.3) is 0 Å². The van der Waals surface area contributed by atoms with Crippen molar-refractivity contribution >= 4 is 35.8 Å². The van der Waals surface area contributed by atoms with Crippen molar-refractivity contribution < 1.29 is 9.53 Å². The lowest BCUT2D eigenvalue weighted by atomic mass is 9.67. The Morgan fingerprint density at radius 3 is 2.46 bits per heavy atom. The smallest absolute Gasteiger partial charge is 0.221 e. The van der Waals surface area contributed by atoms with Crippen molar-refractivity contribution in [3.05, 3.63) is 0 Å². The largest absolute Gasteiger partial charge is 0.385 e. The van der Waals surface area contributed by atoms with Gasteiger partial charge in [0.2, 0.25) is 5.91 Å². The van der Waals surface area contributed by atoms with Crippen LogP contribution < -0.4 is 16.0 Å². The van der Waals surface area contributed by atoms with Crippen molar-refractivity contribution in [3.63, 3.8) is 0 Å². The molecule has 1 aliphatic carbocycles. The number of carbonyl (C=O) groups is 1. The Morgan fingerprint density at radius 2 is 1.92 bits per heavy atom. The first-order valence-electron chi connectivity index (χ1n) is 8.93. The molecule has 7 heteroatoms. The third kappa shape index (κ3) is 9.05. The van der Waals surface area contributed by atoms with Gasteiger partial charge < -0.3 is 20.7 Å². The van der Waals surface area contributed by atoms with E-state index in [9.17, 15) is 4.79 Å². The average molecular weight is 454 g/mol. The molecule has 6 nitrogen and oxygen atoms in total. The van der Waals surface area contributed by atoms with Gasteiger partial charge >= 0.3 is 0 Å². The zero-order valence-electron chi connectivity index (χ0n) is 15.5. The van der Waals surface area contributed by atoms with Crippen LogP contribution in [0.3, 0.4) is 0 Å². The number of rotatable bonds is 11. The van der Waals surface area contributed by atoms with Crippen LogP contribution in [0, 0.1) is 5.41 Å². The van der Waals surface area contributed by atoms with Gasteiger partial charge in [0.25, 0.3) is 0 Å². The fourth-order valence-electron chi connectivity index (χ4n) is 2.72. The third-order valence-electron chi connectivity index (χ3n) is 4.38. The van der Waals surface area contributed by atoms with E-state index in [0.717, 1.165) is 45.0 Å². The summed E-state index contributed by atoms with van der Waals surface area (Å²) < 4.78 is 5.23. The number of hydrogen-bond acceptors (Lipinski definition) is 3. The molecule has 0 aromatic heterocycles. The monoisotopic (exact) mass is 454 g/mol. The van der Waals surface area contributed by atoms with Gasteiger partial charge in [-0.15, -0.1) is 24.0 Å². The molecule has 0 bridgehead atoms. The summed E-state index contributed by atoms with van der Waals surface area (Å²) in [5.41, 5.74) is 0.316. The molecule has 0 radical (unpaired) electrons. The molecule has 0 unspecified atom stereocenters. The molecule has 0 aromatic rings. The van der Waals surface area contributed by atoms with Gasteiger partial charge in [-0.2, -0.15) is 0 Å². The Balaban J connectivity index is 0.00000529. The van der Waals surface area contributed by atoms with Crippen molar-refractivity contribution in [2.24, 2.45) is 10.4 Å². The molecule has 3 N–H and O–H groups in total. The first-order valence-corrected chi connectivity index (χ1v) is 8.93. The van der Waals surface area contributed by atoms with Gasteiger partial charge in [-0.25, -0.2) is 0 Å². The summed E-state index contributed by atoms with van der Waals surface area (Å²) in [6.07, 6.45) is 6.27. The van der Waals surface area contributed by atoms with Crippen LogP contribution >= 0.6 is 24.0 Å². The quantitative estimate of drug-likeness (QED) is 0.255. The summed E-state index contributed by atoms with van der Waals surface area (Å²) in [6, 6.07) is 0. The van der Waals surface area contributed by atoms with E-state index >= 15 is 0 Å². The number of guanidine groups is 1. The molecule has 0 saturated heterocycles. The molecular weight excluding hydrogens is 419 g/mol. The Bertz CT molecular complexity index is 374. The number of ether oxygens (including phenoxy) is 1. The van der Waals surface area contributed by atoms with E-state index in [-0.39, 0.29) is 29.9 Å². The van der Waals surface area contributed by atoms with Crippen LogP contribution in [0.4, 0.5) is 0 Å². The maximum Gasteiger partial charge on any atom is 0.221 e. The number of methoxy groups -OCH3 is 1. The van der Waals surface area contributed by atoms with Gasteiger partial charge in [0.1, 0.15) is 0 Å². The van der Waals surface area contributed by atoms with Crippen molar-refractivity contribution in [3.8, 4) is 0 Å². The zero-order valence-corrected chi connectivity index (χ0v) is 17.8. The first-order chi connectivity index (χ1) is 11.2. The lowest BCUT2D eigenvalue weighted by molar-refractivity contribution is -0.120. The number of hydrogen-bond donors (Lipinski definition) is 3. The molecule has 24 heavy (non-hydrogen) atoms. The molecule has 0 heterocycles. The molecule has 1 saturated carbocycles. The predicted octanol–water partition coefficient (Wildman–Crippen LogP) is 2.28. The summed E-state index contributed by atoms with van der Waals surface area (Å²) in [4.78, 5) is 16.3. The van der Waals surface area contributed by atoms with Crippen molar-refractivity contribution in [1.82, 2.24) is 16.0 Å². The van der Waals surface area contributed by atoms with Crippen molar-refractivity contribution in [2.45, 2.75) is 52.4 Å². The zero-order chi connectivity index (χ0) is 17.0. The summed E-state index contributed by atoms with van der Waals surface area (Å²) >= 11 is 0. The van der Waals surface area contributed by atoms with Crippen LogP contribution in [0.5, 0.6) is 0 Å². The SMILES string of the molecule is CCCNC(=O)CCNC(=NCC1(CCOC)CCC1)NCC.I. The second-order valence-corrected chi connectivity index (χ2v) is 6.32. The van der Waals surface area contributed by atoms with Crippen molar-refractivity contribution in [1.29, 1.82) is 0 Å². The van der Waals surface area contributed by atoms with Gasteiger partial charge in [-0.05, 0) is 38.0 Å². The highest BCUT2D eigenvalue weighted by molar-refractivity contribution is 14.0. The van der Waals surface area contributed by atoms with E-state index in [1.54, 1.807) is 7.11 Å². The molecule has 1 rings (SSSR count). The molecule has 0 aliphatic heterocycles. The molecule has 1 amide bonds. The molecule has 0 spiro atoms. The Hall–Kier alpha value is -0.570. The lowest BCUT2D eigenvalue weighted by Crippen LogP contribution is -2.41. The van der Waals surface area contributed by atoms with Crippen LogP contribution in [-0.4, -0.2) is 51.8 Å². The van der Waals surface area contributed by atoms with E-state index in [2.05, 4.69) is 22.9 Å². The minimum absolute atomic E-state index is 0. The maximum atomic E-state index is 11.6. The molecular formula is C17H35IN4O2. The van der Waals surface area contributed by atoms with Crippen molar-refractivity contribution in [2.75, 3.05) is 39.9 Å². The number of aliphatic imine (C=N–C) groups is 1. The summed E-state index contributed by atoms with van der Waals surface area (Å²) in [5, 5.41) is 9.39. The standard InChI is InChI=1S/C17H34N4O2.HI/c1-4-11-19-15(22)7-12-20-16(18-5-2)21-14-17(8-6-9-17)10-13-23-3;/h4-14H2,1-3H3,(H,19,22)(H2,18,20,21);1H. The number of amides is 1. The molecule has 142 valence electrons. The molecule has 0 atom stereocenters. The van der Waals surface area contributed by atoms with Crippen LogP contribution in [0.2, 0.25) is 0 Å². The summed E-state index contributed by atoms with van der Waals surface area (Å²) in [6.45, 7) is 7.90. The second-order valence-electron chi connectivity index (χ2n) is 6.32. The Kier molecular flexibility index (Phi) is 13.4. The van der Waals surface area contributed by atoms with E-state index < -0.39 is 0 Å². The topological polar surface area (TPSA) is 74.8 Å². The number of nitrogens with one attached hydrogen (secondary N) is 3. The number of nitrogens with zero attached hydrogens (tertiary/aromatic N) is 1. The van der Waals surface area contributed by atoms with E-state index in [1.807, 2.05) is 6.92 Å². The average Bonchev–Trinajstić information content (AvgIpc) is 2.51. The predicted molar refractivity (Wildman–Crippen MR) is 110 cm³/mol. The van der Waals surface area contributed by atoms with Gasteiger partial charge in [-0.3, -0.25) is 9.79 Å². The maximum absolute atomic E-state index is 11.6. The van der Waals surface area contributed by atoms with Gasteiger partial charge in [0.15, 0.2) is 5.96 Å². The minimum atomic E-state index is 0. The van der Waals surface area contributed by atoms with Gasteiger partial charge in [0.05, 0.1) is 0 Å². The highest BCUT2D eigenvalue weighted by Crippen LogP contribution is 2.44. The first kappa shape index (κ1) is 23.4.